The van der Waals surface area contributed by atoms with E-state index in [1.165, 1.54) is 6.07 Å². The fourth-order valence-electron chi connectivity index (χ4n) is 3.89. The van der Waals surface area contributed by atoms with E-state index in [1.54, 1.807) is 23.2 Å². The fraction of sp³-hybridized carbons (Fsp3) is 0.368. The molecule has 1 N–H and O–H groups in total. The Kier molecular flexibility index (Phi) is 4.80. The van der Waals surface area contributed by atoms with Crippen molar-refractivity contribution in [1.29, 1.82) is 0 Å². The number of benzene rings is 1. The van der Waals surface area contributed by atoms with E-state index in [-0.39, 0.29) is 30.2 Å². The molecule has 2 aliphatic rings. The number of hydrogen-bond donors (Lipinski definition) is 1. The second-order valence-electron chi connectivity index (χ2n) is 6.74. The molecular weight excluding hydrogens is 341 g/mol. The molecular formula is C19H21ClFN3O. The molecule has 1 aromatic heterocycles. The topological polar surface area (TPSA) is 45.2 Å². The van der Waals surface area contributed by atoms with E-state index < -0.39 is 5.54 Å². The van der Waals surface area contributed by atoms with Gasteiger partial charge in [-0.3, -0.25) is 15.1 Å². The molecule has 0 radical (unpaired) electrons. The summed E-state index contributed by atoms with van der Waals surface area (Å²) in [4.78, 5) is 18.7. The van der Waals surface area contributed by atoms with Gasteiger partial charge < -0.3 is 4.90 Å². The molecule has 2 fully saturated rings. The van der Waals surface area contributed by atoms with E-state index in [2.05, 4.69) is 10.3 Å². The van der Waals surface area contributed by atoms with Gasteiger partial charge >= 0.3 is 0 Å². The Morgan fingerprint density at radius 3 is 2.80 bits per heavy atom. The molecule has 2 aliphatic heterocycles. The van der Waals surface area contributed by atoms with Crippen LogP contribution in [0.1, 0.15) is 31.0 Å². The molecule has 1 spiro atoms. The van der Waals surface area contributed by atoms with E-state index in [1.807, 2.05) is 25.2 Å². The van der Waals surface area contributed by atoms with Crippen LogP contribution in [0.2, 0.25) is 0 Å². The molecule has 3 heterocycles. The molecule has 0 saturated carbocycles. The molecule has 4 rings (SSSR count). The van der Waals surface area contributed by atoms with E-state index >= 15 is 0 Å². The van der Waals surface area contributed by atoms with Gasteiger partial charge in [0.2, 0.25) is 5.91 Å². The minimum Gasteiger partial charge on any atom is -0.344 e. The maximum Gasteiger partial charge on any atom is 0.242 e. The molecule has 2 saturated heterocycles. The number of amides is 1. The summed E-state index contributed by atoms with van der Waals surface area (Å²) in [5, 5.41) is 3.51. The lowest BCUT2D eigenvalue weighted by molar-refractivity contribution is -0.131. The van der Waals surface area contributed by atoms with Crippen LogP contribution in [0.5, 0.6) is 0 Å². The van der Waals surface area contributed by atoms with Gasteiger partial charge in [0, 0.05) is 25.4 Å². The number of carbonyl (C=O) groups is 1. The van der Waals surface area contributed by atoms with Gasteiger partial charge in [0.15, 0.2) is 0 Å². The van der Waals surface area contributed by atoms with Gasteiger partial charge in [0.1, 0.15) is 11.4 Å². The number of nitrogens with zero attached hydrogens (tertiary/aromatic N) is 2. The van der Waals surface area contributed by atoms with E-state index in [0.717, 1.165) is 37.1 Å². The Morgan fingerprint density at radius 2 is 2.08 bits per heavy atom. The molecule has 4 nitrogen and oxygen atoms in total. The number of pyridine rings is 1. The van der Waals surface area contributed by atoms with Gasteiger partial charge in [-0.2, -0.15) is 0 Å². The smallest absolute Gasteiger partial charge is 0.242 e. The van der Waals surface area contributed by atoms with E-state index in [4.69, 9.17) is 0 Å². The highest BCUT2D eigenvalue weighted by Gasteiger charge is 2.50. The third kappa shape index (κ3) is 3.02. The van der Waals surface area contributed by atoms with Gasteiger partial charge in [-0.05, 0) is 43.0 Å². The summed E-state index contributed by atoms with van der Waals surface area (Å²) in [7, 11) is 1.85. The second-order valence-corrected chi connectivity index (χ2v) is 6.74. The van der Waals surface area contributed by atoms with Crippen LogP contribution in [0.25, 0.3) is 11.1 Å². The Hall–Kier alpha value is -1.98. The van der Waals surface area contributed by atoms with Crippen LogP contribution in [-0.4, -0.2) is 34.9 Å². The molecule has 25 heavy (non-hydrogen) atoms. The largest absolute Gasteiger partial charge is 0.344 e. The maximum atomic E-state index is 14.0. The van der Waals surface area contributed by atoms with Gasteiger partial charge in [-0.15, -0.1) is 12.4 Å². The van der Waals surface area contributed by atoms with Crippen LogP contribution in [-0.2, 0) is 4.79 Å². The zero-order valence-corrected chi connectivity index (χ0v) is 14.9. The first-order valence-electron chi connectivity index (χ1n) is 8.33. The number of likely N-dealkylation sites (N-methyl/N-ethyl adjacent to an activating group) is 1. The molecule has 1 aromatic carbocycles. The molecule has 2 aromatic rings. The first kappa shape index (κ1) is 17.8. The van der Waals surface area contributed by atoms with Crippen molar-refractivity contribution in [2.45, 2.75) is 30.8 Å². The Bertz CT molecular complexity index is 800. The van der Waals surface area contributed by atoms with Crippen LogP contribution in [0.4, 0.5) is 4.39 Å². The van der Waals surface area contributed by atoms with Crippen molar-refractivity contribution in [2.75, 3.05) is 13.6 Å². The van der Waals surface area contributed by atoms with Crippen molar-refractivity contribution in [3.63, 3.8) is 0 Å². The van der Waals surface area contributed by atoms with Crippen molar-refractivity contribution < 1.29 is 9.18 Å². The summed E-state index contributed by atoms with van der Waals surface area (Å²) in [6.45, 7) is 0.793. The van der Waals surface area contributed by atoms with Crippen LogP contribution in [0.15, 0.2) is 42.6 Å². The number of aromatic nitrogens is 1. The third-order valence-electron chi connectivity index (χ3n) is 5.26. The first-order chi connectivity index (χ1) is 11.6. The Balaban J connectivity index is 0.00000182. The monoisotopic (exact) mass is 361 g/mol. The lowest BCUT2D eigenvalue weighted by Crippen LogP contribution is -2.47. The minimum atomic E-state index is -0.435. The third-order valence-corrected chi connectivity index (χ3v) is 5.26. The number of nitrogens with one attached hydrogen (secondary N) is 1. The standard InChI is InChI=1S/C19H20FN3O.ClH/c1-23-11-9-19(18(23)24)8-6-16(22-19)17-12-13(7-10-21-17)14-4-2-3-5-15(14)20;/h2-5,7,10,12,16,22H,6,8-9,11H2,1H3;1H/t16-,19+;/m0./s1. The molecule has 0 bridgehead atoms. The average Bonchev–Trinajstić information content (AvgIpc) is 3.16. The van der Waals surface area contributed by atoms with Crippen LogP contribution in [0, 0.1) is 5.82 Å². The molecule has 6 heteroatoms. The highest BCUT2D eigenvalue weighted by molar-refractivity contribution is 5.88. The number of likely N-dealkylation sites (tertiary alicyclic amines) is 1. The fourth-order valence-corrected chi connectivity index (χ4v) is 3.89. The van der Waals surface area contributed by atoms with E-state index in [9.17, 15) is 9.18 Å². The normalized spacial score (nSPS) is 25.4. The zero-order chi connectivity index (χ0) is 16.7. The number of hydrogen-bond acceptors (Lipinski definition) is 3. The Morgan fingerprint density at radius 1 is 1.28 bits per heavy atom. The van der Waals surface area contributed by atoms with Crippen molar-refractivity contribution in [1.82, 2.24) is 15.2 Å². The summed E-state index contributed by atoms with van der Waals surface area (Å²) >= 11 is 0. The summed E-state index contributed by atoms with van der Waals surface area (Å²) in [6, 6.07) is 10.5. The summed E-state index contributed by atoms with van der Waals surface area (Å²) in [5.74, 6) is -0.0617. The van der Waals surface area contributed by atoms with Gasteiger partial charge in [-0.25, -0.2) is 4.39 Å². The Labute approximate surface area is 152 Å². The lowest BCUT2D eigenvalue weighted by Gasteiger charge is -2.23. The van der Waals surface area contributed by atoms with Crippen molar-refractivity contribution in [3.05, 3.63) is 54.1 Å². The summed E-state index contributed by atoms with van der Waals surface area (Å²) in [6.07, 6.45) is 4.25. The van der Waals surface area contributed by atoms with Gasteiger partial charge in [0.25, 0.3) is 0 Å². The highest BCUT2D eigenvalue weighted by Crippen LogP contribution is 2.39. The predicted molar refractivity (Wildman–Crippen MR) is 97.0 cm³/mol. The molecule has 2 atom stereocenters. The van der Waals surface area contributed by atoms with E-state index in [0.29, 0.717) is 5.56 Å². The predicted octanol–water partition coefficient (Wildman–Crippen LogP) is 3.33. The maximum absolute atomic E-state index is 14.0. The summed E-state index contributed by atoms with van der Waals surface area (Å²) in [5.41, 5.74) is 1.82. The summed E-state index contributed by atoms with van der Waals surface area (Å²) < 4.78 is 14.0. The van der Waals surface area contributed by atoms with Crippen LogP contribution >= 0.6 is 12.4 Å². The SMILES string of the molecule is CN1CC[C@]2(CC[C@@H](c3cc(-c4ccccc4F)ccn3)N2)C1=O.Cl. The number of halogens is 2. The molecule has 132 valence electrons. The second kappa shape index (κ2) is 6.73. The highest BCUT2D eigenvalue weighted by atomic mass is 35.5. The quantitative estimate of drug-likeness (QED) is 0.892. The minimum absolute atomic E-state index is 0. The van der Waals surface area contributed by atoms with Gasteiger partial charge in [-0.1, -0.05) is 18.2 Å². The average molecular weight is 362 g/mol. The van der Waals surface area contributed by atoms with Crippen molar-refractivity contribution in [2.24, 2.45) is 0 Å². The number of carbonyl (C=O) groups excluding carboxylic acids is 1. The van der Waals surface area contributed by atoms with Crippen LogP contribution in [0.3, 0.4) is 0 Å². The van der Waals surface area contributed by atoms with Crippen LogP contribution < -0.4 is 5.32 Å². The van der Waals surface area contributed by atoms with Gasteiger partial charge in [0.05, 0.1) is 11.7 Å². The lowest BCUT2D eigenvalue weighted by atomic mass is 9.96. The van der Waals surface area contributed by atoms with Crippen molar-refractivity contribution >= 4 is 18.3 Å². The molecule has 0 aliphatic carbocycles. The first-order valence-corrected chi connectivity index (χ1v) is 8.33. The molecule has 0 unspecified atom stereocenters. The molecule has 1 amide bonds. The number of rotatable bonds is 2. The zero-order valence-electron chi connectivity index (χ0n) is 14.0. The van der Waals surface area contributed by atoms with Crippen molar-refractivity contribution in [3.8, 4) is 11.1 Å².